The van der Waals surface area contributed by atoms with E-state index in [4.69, 9.17) is 16.3 Å². The van der Waals surface area contributed by atoms with E-state index in [1.807, 2.05) is 0 Å². The fourth-order valence-electron chi connectivity index (χ4n) is 1.79. The Kier molecular flexibility index (Phi) is 5.24. The minimum absolute atomic E-state index is 0. The number of hydrogen-bond donors (Lipinski definition) is 2. The van der Waals surface area contributed by atoms with Crippen LogP contribution >= 0.6 is 17.0 Å². The number of aliphatic imine (C=N–C) groups is 2. The summed E-state index contributed by atoms with van der Waals surface area (Å²) in [6.45, 7) is 3.45. The lowest BCUT2D eigenvalue weighted by Crippen LogP contribution is -2.53. The normalized spacial score (nSPS) is 16.9. The number of halogens is 3. The van der Waals surface area contributed by atoms with Crippen LogP contribution in [0.4, 0.5) is 8.78 Å². The molecule has 0 amide bonds. The van der Waals surface area contributed by atoms with E-state index in [9.17, 15) is 8.78 Å². The van der Waals surface area contributed by atoms with Crippen LogP contribution in [0.25, 0.3) is 0 Å². The lowest BCUT2D eigenvalue weighted by atomic mass is 10.2. The molecule has 4 N–H and O–H groups in total. The van der Waals surface area contributed by atoms with Crippen LogP contribution in [0.1, 0.15) is 19.4 Å². The number of nitrogens with zero attached hydrogens (tertiary/aromatic N) is 3. The monoisotopic (exact) mass is 363 g/mol. The van der Waals surface area contributed by atoms with Gasteiger partial charge in [-0.25, -0.2) is 13.8 Å². The molecule has 0 radical (unpaired) electrons. The zero-order valence-corrected chi connectivity index (χ0v) is 13.2. The van der Waals surface area contributed by atoms with Gasteiger partial charge in [-0.1, -0.05) is 6.07 Å². The second-order valence-corrected chi connectivity index (χ2v) is 4.75. The third kappa shape index (κ3) is 3.88. The molecule has 0 atom stereocenters. The zero-order chi connectivity index (χ0) is 14.9. The van der Waals surface area contributed by atoms with E-state index in [1.54, 1.807) is 13.8 Å². The summed E-state index contributed by atoms with van der Waals surface area (Å²) in [5, 5.41) is 1.27. The number of hydrogen-bond acceptors (Lipinski definition) is 6. The largest absolute Gasteiger partial charge is 0.368 e. The molecule has 0 saturated heterocycles. The molecule has 0 fully saturated rings. The number of guanidine groups is 2. The molecule has 0 saturated carbocycles. The lowest BCUT2D eigenvalue weighted by Gasteiger charge is -2.36. The van der Waals surface area contributed by atoms with Crippen molar-refractivity contribution < 1.29 is 13.6 Å². The quantitative estimate of drug-likeness (QED) is 0.854. The first-order valence-electron chi connectivity index (χ1n) is 5.86. The predicted molar refractivity (Wildman–Crippen MR) is 80.6 cm³/mol. The average Bonchev–Trinajstić information content (AvgIpc) is 2.31. The fourth-order valence-corrected chi connectivity index (χ4v) is 1.79. The molecule has 0 aliphatic carbocycles. The summed E-state index contributed by atoms with van der Waals surface area (Å²) in [4.78, 5) is 13.3. The molecule has 2 rings (SSSR count). The van der Waals surface area contributed by atoms with E-state index >= 15 is 0 Å². The summed E-state index contributed by atoms with van der Waals surface area (Å²) < 4.78 is 25.9. The second kappa shape index (κ2) is 6.35. The molecular weight excluding hydrogens is 348 g/mol. The number of nitrogens with two attached hydrogens (primary N) is 2. The zero-order valence-electron chi connectivity index (χ0n) is 11.5. The summed E-state index contributed by atoms with van der Waals surface area (Å²) in [6.07, 6.45) is 0. The maximum atomic E-state index is 13.1. The summed E-state index contributed by atoms with van der Waals surface area (Å²) in [7, 11) is 0. The van der Waals surface area contributed by atoms with E-state index in [0.29, 0.717) is 5.56 Å². The van der Waals surface area contributed by atoms with Crippen molar-refractivity contribution in [1.82, 2.24) is 5.06 Å². The Bertz CT molecular complexity index is 591. The van der Waals surface area contributed by atoms with Gasteiger partial charge in [0, 0.05) is 0 Å². The van der Waals surface area contributed by atoms with Crippen molar-refractivity contribution in [2.24, 2.45) is 21.5 Å². The molecule has 1 aromatic carbocycles. The molecule has 0 aromatic heterocycles. The van der Waals surface area contributed by atoms with Gasteiger partial charge in [-0.3, -0.25) is 4.84 Å². The first-order chi connectivity index (χ1) is 9.29. The van der Waals surface area contributed by atoms with Gasteiger partial charge in [0.05, 0.1) is 0 Å². The highest BCUT2D eigenvalue weighted by molar-refractivity contribution is 8.93. The van der Waals surface area contributed by atoms with Crippen molar-refractivity contribution in [2.75, 3.05) is 0 Å². The highest BCUT2D eigenvalue weighted by Gasteiger charge is 2.33. The van der Waals surface area contributed by atoms with Crippen molar-refractivity contribution in [1.29, 1.82) is 0 Å². The van der Waals surface area contributed by atoms with E-state index in [0.717, 1.165) is 12.1 Å². The van der Waals surface area contributed by atoms with Gasteiger partial charge in [-0.05, 0) is 31.5 Å². The Morgan fingerprint density at radius 2 is 1.90 bits per heavy atom. The van der Waals surface area contributed by atoms with Gasteiger partial charge in [0.25, 0.3) is 0 Å². The highest BCUT2D eigenvalue weighted by atomic mass is 79.9. The van der Waals surface area contributed by atoms with Crippen LogP contribution in [0.5, 0.6) is 0 Å². The van der Waals surface area contributed by atoms with Crippen molar-refractivity contribution >= 4 is 28.9 Å². The minimum Gasteiger partial charge on any atom is -0.368 e. The standard InChI is InChI=1S/C12H15F2N5O.BrH/c1-12(2)18-10(15)17-11(16)19(12)20-6-7-3-4-8(13)9(14)5-7;/h3-5H,6H2,1-2H3,(H4,15,16,17,18);1H. The Labute approximate surface area is 131 Å². The maximum absolute atomic E-state index is 13.1. The third-order valence-corrected chi connectivity index (χ3v) is 2.67. The maximum Gasteiger partial charge on any atom is 0.226 e. The van der Waals surface area contributed by atoms with Crippen LogP contribution in [-0.2, 0) is 11.4 Å². The Morgan fingerprint density at radius 1 is 1.24 bits per heavy atom. The van der Waals surface area contributed by atoms with E-state index in [-0.39, 0.29) is 35.5 Å². The van der Waals surface area contributed by atoms with Gasteiger partial charge in [-0.15, -0.1) is 17.0 Å². The lowest BCUT2D eigenvalue weighted by molar-refractivity contribution is -0.166. The van der Waals surface area contributed by atoms with Gasteiger partial charge < -0.3 is 11.5 Å². The molecule has 1 aromatic rings. The highest BCUT2D eigenvalue weighted by Crippen LogP contribution is 2.21. The Balaban J connectivity index is 0.00000220. The first kappa shape index (κ1) is 17.3. The van der Waals surface area contributed by atoms with Gasteiger partial charge in [-0.2, -0.15) is 10.1 Å². The summed E-state index contributed by atoms with van der Waals surface area (Å²) in [6, 6.07) is 3.50. The number of rotatable bonds is 3. The SMILES string of the molecule is Br.CC1(C)N=C(N)N=C(N)N1OCc1ccc(F)c(F)c1. The third-order valence-electron chi connectivity index (χ3n) is 2.67. The minimum atomic E-state index is -0.937. The molecule has 0 spiro atoms. The molecule has 1 aliphatic heterocycles. The Morgan fingerprint density at radius 3 is 2.48 bits per heavy atom. The number of benzene rings is 1. The molecule has 6 nitrogen and oxygen atoms in total. The van der Waals surface area contributed by atoms with Gasteiger partial charge in [0.15, 0.2) is 17.3 Å². The van der Waals surface area contributed by atoms with Crippen molar-refractivity contribution in [3.05, 3.63) is 35.4 Å². The number of hydroxylamine groups is 2. The topological polar surface area (TPSA) is 89.2 Å². The van der Waals surface area contributed by atoms with Gasteiger partial charge in [0.2, 0.25) is 11.9 Å². The molecule has 0 unspecified atom stereocenters. The van der Waals surface area contributed by atoms with Crippen LogP contribution < -0.4 is 11.5 Å². The van der Waals surface area contributed by atoms with Crippen LogP contribution in [0.3, 0.4) is 0 Å². The first-order valence-corrected chi connectivity index (χ1v) is 5.86. The predicted octanol–water partition coefficient (Wildman–Crippen LogP) is 1.66. The molecule has 0 bridgehead atoms. The van der Waals surface area contributed by atoms with Crippen LogP contribution in [0.2, 0.25) is 0 Å². The fraction of sp³-hybridized carbons (Fsp3) is 0.333. The summed E-state index contributed by atoms with van der Waals surface area (Å²) in [5.41, 5.74) is 10.8. The molecule has 21 heavy (non-hydrogen) atoms. The van der Waals surface area contributed by atoms with E-state index < -0.39 is 17.3 Å². The van der Waals surface area contributed by atoms with Crippen LogP contribution in [0.15, 0.2) is 28.2 Å². The van der Waals surface area contributed by atoms with Crippen molar-refractivity contribution in [3.8, 4) is 0 Å². The molecule has 1 heterocycles. The van der Waals surface area contributed by atoms with E-state index in [2.05, 4.69) is 9.98 Å². The van der Waals surface area contributed by atoms with Crippen molar-refractivity contribution in [2.45, 2.75) is 26.1 Å². The molecule has 116 valence electrons. The molecule has 9 heteroatoms. The average molecular weight is 364 g/mol. The summed E-state index contributed by atoms with van der Waals surface area (Å²) >= 11 is 0. The van der Waals surface area contributed by atoms with Crippen LogP contribution in [0, 0.1) is 11.6 Å². The van der Waals surface area contributed by atoms with Crippen LogP contribution in [-0.4, -0.2) is 22.6 Å². The van der Waals surface area contributed by atoms with Crippen molar-refractivity contribution in [3.63, 3.8) is 0 Å². The molecular formula is C12H16BrF2N5O. The Hall–Kier alpha value is -1.74. The van der Waals surface area contributed by atoms with Gasteiger partial charge >= 0.3 is 0 Å². The second-order valence-electron chi connectivity index (χ2n) is 4.75. The molecule has 1 aliphatic rings. The van der Waals surface area contributed by atoms with Gasteiger partial charge in [0.1, 0.15) is 6.61 Å². The summed E-state index contributed by atoms with van der Waals surface area (Å²) in [5.74, 6) is -1.75. The van der Waals surface area contributed by atoms with E-state index in [1.165, 1.54) is 11.1 Å². The smallest absolute Gasteiger partial charge is 0.226 e.